The van der Waals surface area contributed by atoms with E-state index in [-0.39, 0.29) is 0 Å². The fraction of sp³-hybridized carbons (Fsp3) is 0.167. The molecule has 2 aromatic rings. The number of rotatable bonds is 3. The maximum Gasteiger partial charge on any atom is 0.251 e. The van der Waals surface area contributed by atoms with E-state index in [4.69, 9.17) is 5.11 Å². The fourth-order valence-corrected chi connectivity index (χ4v) is 2.10. The van der Waals surface area contributed by atoms with Crippen LogP contribution in [0.3, 0.4) is 0 Å². The summed E-state index contributed by atoms with van der Waals surface area (Å²) in [4.78, 5) is 15.2. The molecule has 0 saturated heterocycles. The van der Waals surface area contributed by atoms with Crippen LogP contribution in [0.1, 0.15) is 5.56 Å². The maximum absolute atomic E-state index is 11.0. The van der Waals surface area contributed by atoms with Gasteiger partial charge in [-0.05, 0) is 6.92 Å². The average Bonchev–Trinajstić information content (AvgIpc) is 2.78. The Morgan fingerprint density at radius 3 is 2.76 bits per heavy atom. The smallest absolute Gasteiger partial charge is 0.251 e. The largest absolute Gasteiger partial charge is 0.387 e. The molecule has 1 amide bonds. The number of nitrogens with one attached hydrogen (secondary N) is 1. The van der Waals surface area contributed by atoms with Crippen LogP contribution in [0.15, 0.2) is 29.6 Å². The number of nitrogens with zero attached hydrogens (tertiary/aromatic N) is 1. The Kier molecular flexibility index (Phi) is 3.51. The molecule has 0 saturated carbocycles. The number of aliphatic hydroxyl groups is 1. The lowest BCUT2D eigenvalue weighted by atomic mass is 10.2. The van der Waals surface area contributed by atoms with Crippen LogP contribution in [0.5, 0.6) is 0 Å². The van der Waals surface area contributed by atoms with Gasteiger partial charge < -0.3 is 10.4 Å². The van der Waals surface area contributed by atoms with E-state index in [9.17, 15) is 4.79 Å². The van der Waals surface area contributed by atoms with Gasteiger partial charge in [-0.3, -0.25) is 4.79 Å². The van der Waals surface area contributed by atoms with Crippen LogP contribution < -0.4 is 5.32 Å². The molecule has 0 aliphatic rings. The van der Waals surface area contributed by atoms with Gasteiger partial charge in [0.1, 0.15) is 17.4 Å². The molecule has 2 rings (SSSR count). The van der Waals surface area contributed by atoms with Gasteiger partial charge in [-0.1, -0.05) is 29.8 Å². The van der Waals surface area contributed by atoms with Crippen LogP contribution in [0.4, 0.5) is 5.82 Å². The summed E-state index contributed by atoms with van der Waals surface area (Å²) >= 11 is 1.45. The molecule has 5 heteroatoms. The maximum atomic E-state index is 11.0. The second kappa shape index (κ2) is 5.07. The highest BCUT2D eigenvalue weighted by molar-refractivity contribution is 7.13. The molecule has 0 unspecified atom stereocenters. The van der Waals surface area contributed by atoms with Crippen LogP contribution in [0.2, 0.25) is 0 Å². The highest BCUT2D eigenvalue weighted by Gasteiger charge is 2.06. The van der Waals surface area contributed by atoms with Gasteiger partial charge in [0, 0.05) is 10.9 Å². The third-order valence-electron chi connectivity index (χ3n) is 2.21. The normalized spacial score (nSPS) is 10.2. The number of aromatic nitrogens is 1. The minimum atomic E-state index is -0.530. The third-order valence-corrected chi connectivity index (χ3v) is 3.11. The fourth-order valence-electron chi connectivity index (χ4n) is 1.34. The molecule has 4 nitrogen and oxygen atoms in total. The summed E-state index contributed by atoms with van der Waals surface area (Å²) in [5.74, 6) is 0.0235. The van der Waals surface area contributed by atoms with Gasteiger partial charge in [-0.25, -0.2) is 4.98 Å². The molecule has 2 N–H and O–H groups in total. The van der Waals surface area contributed by atoms with E-state index in [1.54, 1.807) is 5.38 Å². The number of carbonyl (C=O) groups is 1. The SMILES string of the molecule is Cc1ccc(-c2nc(NC(=O)CO)cs2)cc1. The van der Waals surface area contributed by atoms with Crippen LogP contribution in [-0.2, 0) is 4.79 Å². The number of amides is 1. The Bertz CT molecular complexity index is 520. The van der Waals surface area contributed by atoms with Crippen LogP contribution >= 0.6 is 11.3 Å². The summed E-state index contributed by atoms with van der Waals surface area (Å²) in [5.41, 5.74) is 2.21. The van der Waals surface area contributed by atoms with E-state index in [0.29, 0.717) is 5.82 Å². The lowest BCUT2D eigenvalue weighted by Gasteiger charge is -1.98. The molecular weight excluding hydrogens is 236 g/mol. The van der Waals surface area contributed by atoms with Crippen molar-refractivity contribution in [2.45, 2.75) is 6.92 Å². The van der Waals surface area contributed by atoms with Crippen molar-refractivity contribution < 1.29 is 9.90 Å². The number of hydrogen-bond donors (Lipinski definition) is 2. The zero-order valence-corrected chi connectivity index (χ0v) is 10.1. The van der Waals surface area contributed by atoms with Crippen LogP contribution in [-0.4, -0.2) is 22.6 Å². The summed E-state index contributed by atoms with van der Waals surface area (Å²) in [6.07, 6.45) is 0. The standard InChI is InChI=1S/C12H12N2O2S/c1-8-2-4-9(5-3-8)12-14-10(7-17-12)13-11(16)6-15/h2-5,7,15H,6H2,1H3,(H,13,16). The number of anilines is 1. The molecule has 0 fully saturated rings. The van der Waals surface area contributed by atoms with E-state index in [0.717, 1.165) is 10.6 Å². The van der Waals surface area contributed by atoms with Gasteiger partial charge in [0.05, 0.1) is 0 Å². The van der Waals surface area contributed by atoms with Gasteiger partial charge in [0.25, 0.3) is 5.91 Å². The molecule has 0 aliphatic heterocycles. The van der Waals surface area contributed by atoms with E-state index < -0.39 is 12.5 Å². The van der Waals surface area contributed by atoms with Crippen molar-refractivity contribution in [3.05, 3.63) is 35.2 Å². The molecule has 0 radical (unpaired) electrons. The third kappa shape index (κ3) is 2.89. The zero-order chi connectivity index (χ0) is 12.3. The Labute approximate surface area is 103 Å². The van der Waals surface area contributed by atoms with Crippen molar-refractivity contribution in [1.82, 2.24) is 4.98 Å². The minimum Gasteiger partial charge on any atom is -0.387 e. The van der Waals surface area contributed by atoms with Gasteiger partial charge in [0.15, 0.2) is 0 Å². The monoisotopic (exact) mass is 248 g/mol. The lowest BCUT2D eigenvalue weighted by Crippen LogP contribution is -2.15. The second-order valence-electron chi connectivity index (χ2n) is 3.61. The molecule has 1 heterocycles. The quantitative estimate of drug-likeness (QED) is 0.873. The number of hydrogen-bond acceptors (Lipinski definition) is 4. The van der Waals surface area contributed by atoms with E-state index in [1.165, 1.54) is 16.9 Å². The molecular formula is C12H12N2O2S. The molecule has 17 heavy (non-hydrogen) atoms. The zero-order valence-electron chi connectivity index (χ0n) is 9.30. The first-order chi connectivity index (χ1) is 8.19. The number of carbonyl (C=O) groups excluding carboxylic acids is 1. The van der Waals surface area contributed by atoms with Crippen molar-refractivity contribution in [1.29, 1.82) is 0 Å². The van der Waals surface area contributed by atoms with Gasteiger partial charge >= 0.3 is 0 Å². The summed E-state index contributed by atoms with van der Waals surface area (Å²) in [6.45, 7) is 1.50. The Morgan fingerprint density at radius 2 is 2.12 bits per heavy atom. The predicted octanol–water partition coefficient (Wildman–Crippen LogP) is 2.05. The minimum absolute atomic E-state index is 0.453. The second-order valence-corrected chi connectivity index (χ2v) is 4.47. The first-order valence-corrected chi connectivity index (χ1v) is 6.00. The topological polar surface area (TPSA) is 62.2 Å². The van der Waals surface area contributed by atoms with Crippen molar-refractivity contribution in [2.75, 3.05) is 11.9 Å². The summed E-state index contributed by atoms with van der Waals surface area (Å²) in [7, 11) is 0. The number of aryl methyl sites for hydroxylation is 1. The summed E-state index contributed by atoms with van der Waals surface area (Å²) in [5, 5.41) is 13.7. The van der Waals surface area contributed by atoms with Gasteiger partial charge in [0.2, 0.25) is 0 Å². The van der Waals surface area contributed by atoms with Crippen LogP contribution in [0.25, 0.3) is 10.6 Å². The first-order valence-electron chi connectivity index (χ1n) is 5.12. The van der Waals surface area contributed by atoms with Crippen molar-refractivity contribution in [3.63, 3.8) is 0 Å². The van der Waals surface area contributed by atoms with E-state index in [2.05, 4.69) is 10.3 Å². The van der Waals surface area contributed by atoms with E-state index in [1.807, 2.05) is 31.2 Å². The number of aliphatic hydroxyl groups excluding tert-OH is 1. The molecule has 88 valence electrons. The van der Waals surface area contributed by atoms with Crippen LogP contribution in [0, 0.1) is 6.92 Å². The molecule has 0 spiro atoms. The van der Waals surface area contributed by atoms with E-state index >= 15 is 0 Å². The lowest BCUT2D eigenvalue weighted by molar-refractivity contribution is -0.118. The first kappa shape index (κ1) is 11.8. The Hall–Kier alpha value is -1.72. The highest BCUT2D eigenvalue weighted by Crippen LogP contribution is 2.25. The molecule has 0 bridgehead atoms. The molecule has 0 aliphatic carbocycles. The van der Waals surface area contributed by atoms with Gasteiger partial charge in [-0.2, -0.15) is 0 Å². The predicted molar refractivity (Wildman–Crippen MR) is 68.0 cm³/mol. The summed E-state index contributed by atoms with van der Waals surface area (Å²) < 4.78 is 0. The number of benzene rings is 1. The molecule has 1 aromatic carbocycles. The van der Waals surface area contributed by atoms with Crippen molar-refractivity contribution in [2.24, 2.45) is 0 Å². The molecule has 1 aromatic heterocycles. The van der Waals surface area contributed by atoms with Crippen molar-refractivity contribution in [3.8, 4) is 10.6 Å². The molecule has 0 atom stereocenters. The Balaban J connectivity index is 2.18. The number of thiazole rings is 1. The average molecular weight is 248 g/mol. The summed E-state index contributed by atoms with van der Waals surface area (Å²) in [6, 6.07) is 8.02. The van der Waals surface area contributed by atoms with Crippen molar-refractivity contribution >= 4 is 23.1 Å². The van der Waals surface area contributed by atoms with Gasteiger partial charge in [-0.15, -0.1) is 11.3 Å². The highest BCUT2D eigenvalue weighted by atomic mass is 32.1. The Morgan fingerprint density at radius 1 is 1.41 bits per heavy atom.